The number of pyridine rings is 1. The Labute approximate surface area is 169 Å². The molecule has 1 amide bonds. The predicted octanol–water partition coefficient (Wildman–Crippen LogP) is 2.72. The van der Waals surface area contributed by atoms with Crippen LogP contribution in [0.4, 0.5) is 4.39 Å². The lowest BCUT2D eigenvalue weighted by atomic mass is 10.1. The molecule has 0 aliphatic carbocycles. The Balaban J connectivity index is 1.34. The number of β-amino-alcohol motifs (C(OH)–C–C–N with tert-alkyl or cyclic N) is 1. The number of nitrogens with one attached hydrogen (secondary N) is 1. The Bertz CT molecular complexity index is 986. The lowest BCUT2D eigenvalue weighted by molar-refractivity contribution is 0.0697. The van der Waals surface area contributed by atoms with Crippen molar-refractivity contribution < 1.29 is 14.3 Å². The van der Waals surface area contributed by atoms with Crippen molar-refractivity contribution >= 4 is 11.6 Å². The fraction of sp³-hybridized carbons (Fsp3) is 0.364. The molecule has 1 aliphatic heterocycles. The zero-order chi connectivity index (χ0) is 20.2. The van der Waals surface area contributed by atoms with Crippen molar-refractivity contribution in [3.63, 3.8) is 0 Å². The first-order valence-corrected chi connectivity index (χ1v) is 10.0. The zero-order valence-corrected chi connectivity index (χ0v) is 16.2. The Hall–Kier alpha value is -2.77. The van der Waals surface area contributed by atoms with Gasteiger partial charge in [0.15, 0.2) is 0 Å². The molecule has 0 saturated carbocycles. The number of likely N-dealkylation sites (tertiary alicyclic amines) is 1. The molecule has 0 radical (unpaired) electrons. The maximum Gasteiger partial charge on any atom is 0.252 e. The van der Waals surface area contributed by atoms with Gasteiger partial charge in [-0.15, -0.1) is 0 Å². The number of fused-ring (bicyclic) bond motifs is 1. The molecule has 0 bridgehead atoms. The molecule has 1 aromatic carbocycles. The maximum absolute atomic E-state index is 13.1. The van der Waals surface area contributed by atoms with Crippen LogP contribution in [-0.4, -0.2) is 57.6 Å². The van der Waals surface area contributed by atoms with Crippen LogP contribution < -0.4 is 5.32 Å². The third kappa shape index (κ3) is 4.81. The van der Waals surface area contributed by atoms with Gasteiger partial charge >= 0.3 is 0 Å². The number of benzene rings is 1. The molecule has 1 aliphatic rings. The second kappa shape index (κ2) is 8.71. The number of aliphatic hydroxyl groups excluding tert-OH is 1. The summed E-state index contributed by atoms with van der Waals surface area (Å²) in [4.78, 5) is 19.2. The Kier molecular flexibility index (Phi) is 5.87. The minimum atomic E-state index is -0.284. The van der Waals surface area contributed by atoms with E-state index in [0.717, 1.165) is 55.8 Å². The van der Waals surface area contributed by atoms with E-state index in [2.05, 4.69) is 15.2 Å². The standard InChI is InChI=1S/C22H25FN4O2/c23-18-7-4-16(5-8-18)20-15-27-13-17(6-9-21(27)25-20)22(29)24-10-2-12-26-11-1-3-19(28)14-26/h4-9,13,15,19,28H,1-3,10-12,14H2,(H,24,29)/t19-/m0/s1. The van der Waals surface area contributed by atoms with Gasteiger partial charge in [-0.3, -0.25) is 4.79 Å². The third-order valence-corrected chi connectivity index (χ3v) is 5.27. The molecule has 1 atom stereocenters. The highest BCUT2D eigenvalue weighted by Crippen LogP contribution is 2.20. The monoisotopic (exact) mass is 396 g/mol. The average Bonchev–Trinajstić information content (AvgIpc) is 3.15. The van der Waals surface area contributed by atoms with Gasteiger partial charge in [0.1, 0.15) is 11.5 Å². The van der Waals surface area contributed by atoms with Crippen LogP contribution in [0.3, 0.4) is 0 Å². The summed E-state index contributed by atoms with van der Waals surface area (Å²) in [5.41, 5.74) is 2.84. The van der Waals surface area contributed by atoms with E-state index in [1.54, 1.807) is 30.5 Å². The zero-order valence-electron chi connectivity index (χ0n) is 16.2. The summed E-state index contributed by atoms with van der Waals surface area (Å²) in [6, 6.07) is 9.74. The highest BCUT2D eigenvalue weighted by molar-refractivity contribution is 5.94. The number of amides is 1. The van der Waals surface area contributed by atoms with Crippen LogP contribution in [0.1, 0.15) is 29.6 Å². The van der Waals surface area contributed by atoms with Gasteiger partial charge in [-0.2, -0.15) is 0 Å². The Morgan fingerprint density at radius 3 is 2.83 bits per heavy atom. The van der Waals surface area contributed by atoms with Gasteiger partial charge in [0.05, 0.1) is 17.4 Å². The molecule has 4 rings (SSSR count). The molecule has 0 unspecified atom stereocenters. The summed E-state index contributed by atoms with van der Waals surface area (Å²) in [7, 11) is 0. The molecule has 29 heavy (non-hydrogen) atoms. The SMILES string of the molecule is O=C(NCCCN1CCC[C@H](O)C1)c1ccc2nc(-c3ccc(F)cc3)cn2c1. The number of hydrogen-bond acceptors (Lipinski definition) is 4. The van der Waals surface area contributed by atoms with Gasteiger partial charge in [0.2, 0.25) is 0 Å². The molecule has 2 N–H and O–H groups in total. The van der Waals surface area contributed by atoms with E-state index in [1.165, 1.54) is 12.1 Å². The van der Waals surface area contributed by atoms with Crippen molar-refractivity contribution in [2.24, 2.45) is 0 Å². The summed E-state index contributed by atoms with van der Waals surface area (Å²) >= 11 is 0. The van der Waals surface area contributed by atoms with Crippen molar-refractivity contribution in [2.75, 3.05) is 26.2 Å². The number of hydrogen-bond donors (Lipinski definition) is 2. The molecule has 3 heterocycles. The van der Waals surface area contributed by atoms with E-state index in [1.807, 2.05) is 10.6 Å². The Morgan fingerprint density at radius 2 is 2.03 bits per heavy atom. The summed E-state index contributed by atoms with van der Waals surface area (Å²) in [6.07, 6.45) is 6.12. The molecule has 1 fully saturated rings. The number of carbonyl (C=O) groups excluding carboxylic acids is 1. The van der Waals surface area contributed by atoms with Crippen molar-refractivity contribution in [1.82, 2.24) is 19.6 Å². The molecule has 6 nitrogen and oxygen atoms in total. The van der Waals surface area contributed by atoms with E-state index in [0.29, 0.717) is 12.1 Å². The van der Waals surface area contributed by atoms with E-state index in [9.17, 15) is 14.3 Å². The van der Waals surface area contributed by atoms with Gasteiger partial charge < -0.3 is 19.7 Å². The summed E-state index contributed by atoms with van der Waals surface area (Å²) < 4.78 is 14.9. The molecule has 0 spiro atoms. The predicted molar refractivity (Wildman–Crippen MR) is 109 cm³/mol. The van der Waals surface area contributed by atoms with E-state index in [-0.39, 0.29) is 17.8 Å². The van der Waals surface area contributed by atoms with Crippen molar-refractivity contribution in [3.05, 3.63) is 60.2 Å². The first kappa shape index (κ1) is 19.5. The van der Waals surface area contributed by atoms with E-state index >= 15 is 0 Å². The number of imidazole rings is 1. The molecule has 3 aromatic rings. The van der Waals surface area contributed by atoms with Crippen molar-refractivity contribution in [1.29, 1.82) is 0 Å². The van der Waals surface area contributed by atoms with Crippen LogP contribution in [0.15, 0.2) is 48.8 Å². The molecular formula is C22H25FN4O2. The normalized spacial score (nSPS) is 17.5. The van der Waals surface area contributed by atoms with Gasteiger partial charge in [0, 0.05) is 31.0 Å². The topological polar surface area (TPSA) is 69.9 Å². The fourth-order valence-corrected chi connectivity index (χ4v) is 3.73. The summed E-state index contributed by atoms with van der Waals surface area (Å²) in [6.45, 7) is 3.20. The highest BCUT2D eigenvalue weighted by atomic mass is 19.1. The molecular weight excluding hydrogens is 371 g/mol. The number of carbonyl (C=O) groups is 1. The number of aliphatic hydroxyl groups is 1. The van der Waals surface area contributed by atoms with Crippen LogP contribution in [0.2, 0.25) is 0 Å². The second-order valence-electron chi connectivity index (χ2n) is 7.52. The maximum atomic E-state index is 13.1. The van der Waals surface area contributed by atoms with E-state index in [4.69, 9.17) is 0 Å². The summed E-state index contributed by atoms with van der Waals surface area (Å²) in [5, 5.41) is 12.7. The fourth-order valence-electron chi connectivity index (χ4n) is 3.73. The Morgan fingerprint density at radius 1 is 1.21 bits per heavy atom. The van der Waals surface area contributed by atoms with Crippen LogP contribution >= 0.6 is 0 Å². The summed E-state index contributed by atoms with van der Waals surface area (Å²) in [5.74, 6) is -0.407. The number of nitrogens with zero attached hydrogens (tertiary/aromatic N) is 3. The average molecular weight is 396 g/mol. The lowest BCUT2D eigenvalue weighted by Crippen LogP contribution is -2.39. The number of piperidine rings is 1. The molecule has 152 valence electrons. The molecule has 7 heteroatoms. The largest absolute Gasteiger partial charge is 0.392 e. The quantitative estimate of drug-likeness (QED) is 0.629. The van der Waals surface area contributed by atoms with Crippen LogP contribution in [0.5, 0.6) is 0 Å². The van der Waals surface area contributed by atoms with Crippen molar-refractivity contribution in [2.45, 2.75) is 25.4 Å². The minimum absolute atomic E-state index is 0.123. The van der Waals surface area contributed by atoms with Crippen molar-refractivity contribution in [3.8, 4) is 11.3 Å². The third-order valence-electron chi connectivity index (χ3n) is 5.27. The van der Waals surface area contributed by atoms with Gasteiger partial charge in [-0.25, -0.2) is 9.37 Å². The highest BCUT2D eigenvalue weighted by Gasteiger charge is 2.17. The van der Waals surface area contributed by atoms with Gasteiger partial charge in [-0.1, -0.05) is 0 Å². The van der Waals surface area contributed by atoms with Gasteiger partial charge in [-0.05, 0) is 68.8 Å². The van der Waals surface area contributed by atoms with Gasteiger partial charge in [0.25, 0.3) is 5.91 Å². The lowest BCUT2D eigenvalue weighted by Gasteiger charge is -2.29. The van der Waals surface area contributed by atoms with Crippen LogP contribution in [0, 0.1) is 5.82 Å². The second-order valence-corrected chi connectivity index (χ2v) is 7.52. The first-order chi connectivity index (χ1) is 14.1. The first-order valence-electron chi connectivity index (χ1n) is 10.0. The smallest absolute Gasteiger partial charge is 0.252 e. The van der Waals surface area contributed by atoms with Crippen LogP contribution in [-0.2, 0) is 0 Å². The number of aromatic nitrogens is 2. The van der Waals surface area contributed by atoms with E-state index < -0.39 is 0 Å². The minimum Gasteiger partial charge on any atom is -0.392 e. The molecule has 2 aromatic heterocycles. The number of halogens is 1. The number of rotatable bonds is 6. The van der Waals surface area contributed by atoms with Crippen LogP contribution in [0.25, 0.3) is 16.9 Å². The molecule has 1 saturated heterocycles.